The molecule has 2 aromatic rings. The number of aromatic nitrogens is 2. The fraction of sp³-hybridized carbons (Fsp3) is 0.231. The zero-order chi connectivity index (χ0) is 15.1. The average molecular weight is 286 g/mol. The molecule has 20 heavy (non-hydrogen) atoms. The smallest absolute Gasteiger partial charge is 0.306 e. The van der Waals surface area contributed by atoms with E-state index in [1.807, 2.05) is 0 Å². The molecule has 0 spiro atoms. The maximum absolute atomic E-state index is 13.0. The molecule has 0 bridgehead atoms. The van der Waals surface area contributed by atoms with Crippen LogP contribution in [0.5, 0.6) is 0 Å². The second-order valence-corrected chi connectivity index (χ2v) is 4.31. The Kier molecular flexibility index (Phi) is 3.37. The zero-order valence-corrected chi connectivity index (χ0v) is 10.6. The molecule has 1 heterocycles. The first-order valence-electron chi connectivity index (χ1n) is 5.65. The number of aryl methyl sites for hydroxylation is 1. The van der Waals surface area contributed by atoms with Crippen LogP contribution in [0.3, 0.4) is 0 Å². The van der Waals surface area contributed by atoms with Gasteiger partial charge in [0.2, 0.25) is 0 Å². The van der Waals surface area contributed by atoms with Gasteiger partial charge in [-0.3, -0.25) is 4.79 Å². The number of aromatic amines is 1. The van der Waals surface area contributed by atoms with Crippen molar-refractivity contribution in [1.29, 1.82) is 0 Å². The lowest BCUT2D eigenvalue weighted by Gasteiger charge is -2.13. The molecule has 0 aliphatic heterocycles. The van der Waals surface area contributed by atoms with Crippen LogP contribution < -0.4 is 5.56 Å². The predicted molar refractivity (Wildman–Crippen MR) is 64.7 cm³/mol. The molecule has 0 saturated heterocycles. The second kappa shape index (κ2) is 4.73. The maximum Gasteiger partial charge on any atom is 0.417 e. The number of alkyl halides is 3. The summed E-state index contributed by atoms with van der Waals surface area (Å²) in [5.41, 5.74) is -1.42. The number of hydrogen-bond acceptors (Lipinski definition) is 2. The van der Waals surface area contributed by atoms with Gasteiger partial charge in [-0.15, -0.1) is 0 Å². The van der Waals surface area contributed by atoms with Crippen LogP contribution in [0.25, 0.3) is 11.4 Å². The van der Waals surface area contributed by atoms with Crippen LogP contribution >= 0.6 is 0 Å². The molecule has 1 aromatic heterocycles. The van der Waals surface area contributed by atoms with E-state index in [9.17, 15) is 22.4 Å². The lowest BCUT2D eigenvalue weighted by molar-refractivity contribution is -0.137. The molecule has 1 aromatic carbocycles. The molecule has 2 rings (SSSR count). The predicted octanol–water partition coefficient (Wildman–Crippen LogP) is 3.21. The highest BCUT2D eigenvalue weighted by Crippen LogP contribution is 2.36. The molecule has 0 atom stereocenters. The first kappa shape index (κ1) is 14.2. The Morgan fingerprint density at radius 2 is 1.85 bits per heavy atom. The molecular formula is C13H10F4N2O. The van der Waals surface area contributed by atoms with Crippen molar-refractivity contribution >= 4 is 0 Å². The summed E-state index contributed by atoms with van der Waals surface area (Å²) < 4.78 is 51.7. The number of hydrogen-bond donors (Lipinski definition) is 1. The second-order valence-electron chi connectivity index (χ2n) is 4.31. The molecule has 0 saturated carbocycles. The van der Waals surface area contributed by atoms with E-state index in [1.165, 1.54) is 13.8 Å². The van der Waals surface area contributed by atoms with Gasteiger partial charge in [-0.05, 0) is 32.0 Å². The highest BCUT2D eigenvalue weighted by molar-refractivity contribution is 5.61. The van der Waals surface area contributed by atoms with Crippen molar-refractivity contribution in [3.63, 3.8) is 0 Å². The van der Waals surface area contributed by atoms with Crippen molar-refractivity contribution in [3.05, 3.63) is 51.2 Å². The fourth-order valence-electron chi connectivity index (χ4n) is 1.73. The largest absolute Gasteiger partial charge is 0.417 e. The van der Waals surface area contributed by atoms with Gasteiger partial charge in [0.25, 0.3) is 5.56 Å². The molecule has 0 unspecified atom stereocenters. The standard InChI is InChI=1S/C13H10F4N2O/c1-6-7(2)18-11(19-12(6)20)9-4-3-8(14)5-10(9)13(15,16)17/h3-5H,1-2H3,(H,18,19,20). The number of nitrogens with zero attached hydrogens (tertiary/aromatic N) is 1. The molecule has 3 nitrogen and oxygen atoms in total. The molecule has 106 valence electrons. The Bertz CT molecular complexity index is 719. The zero-order valence-electron chi connectivity index (χ0n) is 10.6. The molecule has 0 fully saturated rings. The number of benzene rings is 1. The van der Waals surface area contributed by atoms with Crippen molar-refractivity contribution in [2.45, 2.75) is 20.0 Å². The van der Waals surface area contributed by atoms with Crippen molar-refractivity contribution in [2.75, 3.05) is 0 Å². The fourth-order valence-corrected chi connectivity index (χ4v) is 1.73. The van der Waals surface area contributed by atoms with Crippen LogP contribution in [-0.2, 0) is 6.18 Å². The number of nitrogens with one attached hydrogen (secondary N) is 1. The van der Waals surface area contributed by atoms with E-state index in [-0.39, 0.29) is 11.4 Å². The van der Waals surface area contributed by atoms with Gasteiger partial charge < -0.3 is 4.98 Å². The molecule has 7 heteroatoms. The van der Waals surface area contributed by atoms with Crippen LogP contribution in [0.4, 0.5) is 17.6 Å². The average Bonchev–Trinajstić information content (AvgIpc) is 2.34. The maximum atomic E-state index is 13.0. The van der Waals surface area contributed by atoms with E-state index in [1.54, 1.807) is 0 Å². The van der Waals surface area contributed by atoms with Gasteiger partial charge in [0.05, 0.1) is 5.56 Å². The minimum atomic E-state index is -4.74. The molecule has 0 aliphatic rings. The van der Waals surface area contributed by atoms with E-state index in [0.717, 1.165) is 12.1 Å². The van der Waals surface area contributed by atoms with Gasteiger partial charge in [-0.1, -0.05) is 0 Å². The van der Waals surface area contributed by atoms with Gasteiger partial charge in [0.1, 0.15) is 11.6 Å². The Morgan fingerprint density at radius 3 is 2.40 bits per heavy atom. The Morgan fingerprint density at radius 1 is 1.20 bits per heavy atom. The van der Waals surface area contributed by atoms with Crippen LogP contribution in [0.1, 0.15) is 16.8 Å². The molecular weight excluding hydrogens is 276 g/mol. The van der Waals surface area contributed by atoms with Gasteiger partial charge in [-0.25, -0.2) is 9.37 Å². The normalized spacial score (nSPS) is 11.7. The third-order valence-electron chi connectivity index (χ3n) is 2.94. The third-order valence-corrected chi connectivity index (χ3v) is 2.94. The summed E-state index contributed by atoms with van der Waals surface area (Å²) in [6.07, 6.45) is -4.74. The Hall–Kier alpha value is -2.18. The number of halogens is 4. The van der Waals surface area contributed by atoms with E-state index in [0.29, 0.717) is 17.3 Å². The first-order valence-corrected chi connectivity index (χ1v) is 5.65. The van der Waals surface area contributed by atoms with Crippen LogP contribution in [-0.4, -0.2) is 9.97 Å². The Labute approximate surface area is 111 Å². The lowest BCUT2D eigenvalue weighted by Crippen LogP contribution is -2.16. The summed E-state index contributed by atoms with van der Waals surface area (Å²) in [5, 5.41) is 0. The van der Waals surface area contributed by atoms with Crippen LogP contribution in [0, 0.1) is 19.7 Å². The van der Waals surface area contributed by atoms with Crippen molar-refractivity contribution in [2.24, 2.45) is 0 Å². The summed E-state index contributed by atoms with van der Waals surface area (Å²) >= 11 is 0. The van der Waals surface area contributed by atoms with Crippen LogP contribution in [0.15, 0.2) is 23.0 Å². The van der Waals surface area contributed by atoms with Gasteiger partial charge >= 0.3 is 6.18 Å². The minimum absolute atomic E-state index is 0.231. The topological polar surface area (TPSA) is 45.8 Å². The van der Waals surface area contributed by atoms with E-state index in [4.69, 9.17) is 0 Å². The van der Waals surface area contributed by atoms with Crippen molar-refractivity contribution in [3.8, 4) is 11.4 Å². The minimum Gasteiger partial charge on any atom is -0.306 e. The summed E-state index contributed by atoms with van der Waals surface area (Å²) in [6.45, 7) is 3.03. The van der Waals surface area contributed by atoms with Crippen molar-refractivity contribution in [1.82, 2.24) is 9.97 Å². The quantitative estimate of drug-likeness (QED) is 0.818. The summed E-state index contributed by atoms with van der Waals surface area (Å²) in [7, 11) is 0. The van der Waals surface area contributed by atoms with E-state index < -0.39 is 23.1 Å². The third kappa shape index (κ3) is 2.56. The Balaban J connectivity index is 2.74. The highest BCUT2D eigenvalue weighted by Gasteiger charge is 2.34. The van der Waals surface area contributed by atoms with Gasteiger partial charge in [-0.2, -0.15) is 13.2 Å². The van der Waals surface area contributed by atoms with E-state index >= 15 is 0 Å². The SMILES string of the molecule is Cc1nc(-c2ccc(F)cc2C(F)(F)F)[nH]c(=O)c1C. The molecule has 0 amide bonds. The van der Waals surface area contributed by atoms with Crippen LogP contribution in [0.2, 0.25) is 0 Å². The number of rotatable bonds is 1. The molecule has 0 aliphatic carbocycles. The highest BCUT2D eigenvalue weighted by atomic mass is 19.4. The molecule has 1 N–H and O–H groups in total. The monoisotopic (exact) mass is 286 g/mol. The molecule has 0 radical (unpaired) electrons. The van der Waals surface area contributed by atoms with Crippen molar-refractivity contribution < 1.29 is 17.6 Å². The number of H-pyrrole nitrogens is 1. The summed E-state index contributed by atoms with van der Waals surface area (Å²) in [4.78, 5) is 17.8. The summed E-state index contributed by atoms with van der Waals surface area (Å²) in [6, 6.07) is 2.22. The van der Waals surface area contributed by atoms with E-state index in [2.05, 4.69) is 9.97 Å². The lowest BCUT2D eigenvalue weighted by atomic mass is 10.1. The summed E-state index contributed by atoms with van der Waals surface area (Å²) in [5.74, 6) is -1.24. The van der Waals surface area contributed by atoms with Gasteiger partial charge in [0.15, 0.2) is 0 Å². The van der Waals surface area contributed by atoms with Gasteiger partial charge in [0, 0.05) is 16.8 Å². The first-order chi connectivity index (χ1) is 9.20.